The first kappa shape index (κ1) is 14.1. The Morgan fingerprint density at radius 1 is 1.58 bits per heavy atom. The Morgan fingerprint density at radius 2 is 2.32 bits per heavy atom. The highest BCUT2D eigenvalue weighted by atomic mass is 32.2. The molecule has 4 nitrogen and oxygen atoms in total. The maximum absolute atomic E-state index is 11.8. The molecular formula is C14H20N2O2S. The molecule has 1 aromatic carbocycles. The Labute approximate surface area is 118 Å². The van der Waals surface area contributed by atoms with E-state index in [4.69, 9.17) is 10.5 Å². The quantitative estimate of drug-likeness (QED) is 0.834. The van der Waals surface area contributed by atoms with Crippen molar-refractivity contribution < 1.29 is 9.53 Å². The third-order valence-electron chi connectivity index (χ3n) is 3.10. The van der Waals surface area contributed by atoms with Crippen LogP contribution in [0.1, 0.15) is 31.9 Å². The summed E-state index contributed by atoms with van der Waals surface area (Å²) in [5.41, 5.74) is 7.19. The van der Waals surface area contributed by atoms with Gasteiger partial charge in [-0.15, -0.1) is 0 Å². The molecule has 0 bridgehead atoms. The number of carbonyl (C=O) groups is 1. The highest BCUT2D eigenvalue weighted by Gasteiger charge is 2.34. The SMILES string of the molecule is CSCC(=O)NC1CC(C)(C)Oc2ccc(N)cc21. The lowest BCUT2D eigenvalue weighted by atomic mass is 9.89. The molecule has 0 radical (unpaired) electrons. The van der Waals surface area contributed by atoms with Gasteiger partial charge in [0.2, 0.25) is 5.91 Å². The number of fused-ring (bicyclic) bond motifs is 1. The smallest absolute Gasteiger partial charge is 0.230 e. The van der Waals surface area contributed by atoms with Gasteiger partial charge in [0.15, 0.2) is 0 Å². The van der Waals surface area contributed by atoms with Gasteiger partial charge in [0.1, 0.15) is 11.4 Å². The summed E-state index contributed by atoms with van der Waals surface area (Å²) in [5.74, 6) is 1.32. The van der Waals surface area contributed by atoms with E-state index in [-0.39, 0.29) is 17.6 Å². The van der Waals surface area contributed by atoms with Gasteiger partial charge >= 0.3 is 0 Å². The van der Waals surface area contributed by atoms with Crippen molar-refractivity contribution in [2.75, 3.05) is 17.7 Å². The number of thioether (sulfide) groups is 1. The molecule has 1 amide bonds. The number of anilines is 1. The van der Waals surface area contributed by atoms with Crippen LogP contribution in [0.25, 0.3) is 0 Å². The summed E-state index contributed by atoms with van der Waals surface area (Å²) in [6.07, 6.45) is 2.66. The van der Waals surface area contributed by atoms with Crippen molar-refractivity contribution in [3.63, 3.8) is 0 Å². The Bertz CT molecular complexity index is 488. The second-order valence-electron chi connectivity index (χ2n) is 5.42. The zero-order valence-corrected chi connectivity index (χ0v) is 12.3. The van der Waals surface area contributed by atoms with E-state index in [2.05, 4.69) is 5.32 Å². The van der Waals surface area contributed by atoms with Crippen molar-refractivity contribution in [2.24, 2.45) is 0 Å². The van der Waals surface area contributed by atoms with Crippen molar-refractivity contribution in [3.05, 3.63) is 23.8 Å². The van der Waals surface area contributed by atoms with E-state index in [1.165, 1.54) is 11.8 Å². The van der Waals surface area contributed by atoms with E-state index in [1.54, 1.807) is 0 Å². The fourth-order valence-electron chi connectivity index (χ4n) is 2.37. The molecule has 1 aliphatic rings. The van der Waals surface area contributed by atoms with Gasteiger partial charge in [-0.3, -0.25) is 4.79 Å². The Hall–Kier alpha value is -1.36. The summed E-state index contributed by atoms with van der Waals surface area (Å²) >= 11 is 1.51. The van der Waals surface area contributed by atoms with Crippen LogP contribution in [0, 0.1) is 0 Å². The van der Waals surface area contributed by atoms with Crippen molar-refractivity contribution in [1.82, 2.24) is 5.32 Å². The predicted molar refractivity (Wildman–Crippen MR) is 79.4 cm³/mol. The average Bonchev–Trinajstić information content (AvgIpc) is 2.29. The highest BCUT2D eigenvalue weighted by molar-refractivity contribution is 7.99. The molecule has 1 aromatic rings. The van der Waals surface area contributed by atoms with E-state index in [0.29, 0.717) is 11.4 Å². The molecule has 1 unspecified atom stereocenters. The fourth-order valence-corrected chi connectivity index (χ4v) is 2.71. The number of ether oxygens (including phenoxy) is 1. The molecule has 2 rings (SSSR count). The number of hydrogen-bond donors (Lipinski definition) is 2. The van der Waals surface area contributed by atoms with E-state index < -0.39 is 0 Å². The number of benzene rings is 1. The largest absolute Gasteiger partial charge is 0.487 e. The van der Waals surface area contributed by atoms with Crippen LogP contribution in [-0.4, -0.2) is 23.5 Å². The van der Waals surface area contributed by atoms with Crippen LogP contribution in [0.3, 0.4) is 0 Å². The molecular weight excluding hydrogens is 260 g/mol. The van der Waals surface area contributed by atoms with Gasteiger partial charge in [0.05, 0.1) is 11.8 Å². The molecule has 0 saturated carbocycles. The van der Waals surface area contributed by atoms with Gasteiger partial charge in [0.25, 0.3) is 0 Å². The van der Waals surface area contributed by atoms with Gasteiger partial charge in [-0.2, -0.15) is 11.8 Å². The van der Waals surface area contributed by atoms with E-state index in [9.17, 15) is 4.79 Å². The van der Waals surface area contributed by atoms with Crippen LogP contribution in [0.5, 0.6) is 5.75 Å². The molecule has 1 aliphatic heterocycles. The van der Waals surface area contributed by atoms with Crippen LogP contribution in [-0.2, 0) is 4.79 Å². The predicted octanol–water partition coefficient (Wildman–Crippen LogP) is 2.35. The number of nitrogens with two attached hydrogens (primary N) is 1. The van der Waals surface area contributed by atoms with E-state index in [0.717, 1.165) is 17.7 Å². The van der Waals surface area contributed by atoms with Crippen LogP contribution >= 0.6 is 11.8 Å². The van der Waals surface area contributed by atoms with Gasteiger partial charge in [0, 0.05) is 17.7 Å². The minimum Gasteiger partial charge on any atom is -0.487 e. The minimum atomic E-state index is -0.291. The number of rotatable bonds is 3. The molecule has 5 heteroatoms. The second kappa shape index (κ2) is 5.33. The number of carbonyl (C=O) groups excluding carboxylic acids is 1. The van der Waals surface area contributed by atoms with Crippen molar-refractivity contribution >= 4 is 23.4 Å². The Morgan fingerprint density at radius 3 is 3.00 bits per heavy atom. The summed E-state index contributed by atoms with van der Waals surface area (Å²) in [6.45, 7) is 4.06. The van der Waals surface area contributed by atoms with E-state index in [1.807, 2.05) is 38.3 Å². The topological polar surface area (TPSA) is 64.3 Å². The maximum Gasteiger partial charge on any atom is 0.230 e. The third-order valence-corrected chi connectivity index (χ3v) is 3.65. The van der Waals surface area contributed by atoms with Crippen molar-refractivity contribution in [3.8, 4) is 5.75 Å². The van der Waals surface area contributed by atoms with Crippen molar-refractivity contribution in [1.29, 1.82) is 0 Å². The molecule has 0 fully saturated rings. The van der Waals surface area contributed by atoms with Crippen LogP contribution in [0.4, 0.5) is 5.69 Å². The van der Waals surface area contributed by atoms with Gasteiger partial charge in [-0.05, 0) is 38.3 Å². The van der Waals surface area contributed by atoms with Crippen LogP contribution in [0.15, 0.2) is 18.2 Å². The Kier molecular flexibility index (Phi) is 3.94. The molecule has 1 atom stereocenters. The zero-order chi connectivity index (χ0) is 14.0. The number of nitrogen functional groups attached to an aromatic ring is 1. The standard InChI is InChI=1S/C14H20N2O2S/c1-14(2)7-11(16-13(17)8-19-3)10-6-9(15)4-5-12(10)18-14/h4-6,11H,7-8,15H2,1-3H3,(H,16,17). The highest BCUT2D eigenvalue weighted by Crippen LogP contribution is 2.40. The van der Waals surface area contributed by atoms with Crippen LogP contribution < -0.4 is 15.8 Å². The first-order valence-electron chi connectivity index (χ1n) is 6.28. The first-order valence-corrected chi connectivity index (χ1v) is 7.67. The van der Waals surface area contributed by atoms with Gasteiger partial charge in [-0.25, -0.2) is 0 Å². The monoisotopic (exact) mass is 280 g/mol. The molecule has 0 aromatic heterocycles. The van der Waals surface area contributed by atoms with E-state index >= 15 is 0 Å². The summed E-state index contributed by atoms with van der Waals surface area (Å²) < 4.78 is 5.93. The normalized spacial score (nSPS) is 20.3. The fraction of sp³-hybridized carbons (Fsp3) is 0.500. The molecule has 3 N–H and O–H groups in total. The summed E-state index contributed by atoms with van der Waals surface area (Å²) in [5, 5.41) is 3.06. The summed E-state index contributed by atoms with van der Waals surface area (Å²) in [7, 11) is 0. The van der Waals surface area contributed by atoms with Gasteiger partial charge < -0.3 is 15.8 Å². The number of amides is 1. The van der Waals surface area contributed by atoms with Gasteiger partial charge in [-0.1, -0.05) is 0 Å². The third kappa shape index (κ3) is 3.35. The maximum atomic E-state index is 11.8. The molecule has 0 spiro atoms. The lowest BCUT2D eigenvalue weighted by molar-refractivity contribution is -0.119. The van der Waals surface area contributed by atoms with Crippen molar-refractivity contribution in [2.45, 2.75) is 31.9 Å². The molecule has 19 heavy (non-hydrogen) atoms. The first-order chi connectivity index (χ1) is 8.91. The zero-order valence-electron chi connectivity index (χ0n) is 11.5. The minimum absolute atomic E-state index is 0.0399. The molecule has 104 valence electrons. The Balaban J connectivity index is 2.28. The number of hydrogen-bond acceptors (Lipinski definition) is 4. The second-order valence-corrected chi connectivity index (χ2v) is 6.28. The summed E-state index contributed by atoms with van der Waals surface area (Å²) in [4.78, 5) is 11.8. The average molecular weight is 280 g/mol. The number of nitrogens with one attached hydrogen (secondary N) is 1. The van der Waals surface area contributed by atoms with Crippen LogP contribution in [0.2, 0.25) is 0 Å². The molecule has 0 saturated heterocycles. The lowest BCUT2D eigenvalue weighted by Gasteiger charge is -2.38. The molecule has 0 aliphatic carbocycles. The lowest BCUT2D eigenvalue weighted by Crippen LogP contribution is -2.41. The molecule has 1 heterocycles. The summed E-state index contributed by atoms with van der Waals surface area (Å²) in [6, 6.07) is 5.54.